The molecule has 0 aliphatic carbocycles. The standard InChI is InChI=1S/C31H43NO4/c1-5-6-7-8-9-10-11-12-13-14-15-16-17-18-19-20-21-22-23-24-30(33)32-31-28(35-3)25-27(34-2)26-29(31)36-4/h6-7,9-10,12-13,15-16,18-19,21-22,25-26H,5,8,11,14,17,20,23-24H2,1-4H3,(H,32,33). The topological polar surface area (TPSA) is 56.8 Å². The largest absolute Gasteiger partial charge is 0.496 e. The lowest BCUT2D eigenvalue weighted by molar-refractivity contribution is -0.116. The van der Waals surface area contributed by atoms with Crippen molar-refractivity contribution in [2.24, 2.45) is 0 Å². The molecule has 36 heavy (non-hydrogen) atoms. The molecule has 1 aromatic rings. The van der Waals surface area contributed by atoms with Crippen LogP contribution in [0.5, 0.6) is 17.2 Å². The van der Waals surface area contributed by atoms with E-state index in [1.165, 1.54) is 0 Å². The summed E-state index contributed by atoms with van der Waals surface area (Å²) in [7, 11) is 4.65. The van der Waals surface area contributed by atoms with Crippen molar-refractivity contribution < 1.29 is 19.0 Å². The van der Waals surface area contributed by atoms with Crippen molar-refractivity contribution in [1.29, 1.82) is 0 Å². The molecule has 1 aromatic carbocycles. The van der Waals surface area contributed by atoms with Crippen LogP contribution in [0, 0.1) is 0 Å². The monoisotopic (exact) mass is 493 g/mol. The summed E-state index contributed by atoms with van der Waals surface area (Å²) in [5, 5.41) is 2.88. The Morgan fingerprint density at radius 2 is 1.08 bits per heavy atom. The molecular formula is C31H43NO4. The predicted molar refractivity (Wildman–Crippen MR) is 152 cm³/mol. The van der Waals surface area contributed by atoms with Gasteiger partial charge in [0.2, 0.25) is 5.91 Å². The van der Waals surface area contributed by atoms with Crippen LogP contribution in [0.15, 0.2) is 85.0 Å². The number of anilines is 1. The van der Waals surface area contributed by atoms with Crippen LogP contribution in [0.1, 0.15) is 58.3 Å². The van der Waals surface area contributed by atoms with Gasteiger partial charge in [0.05, 0.1) is 21.3 Å². The van der Waals surface area contributed by atoms with E-state index in [1.807, 2.05) is 6.08 Å². The van der Waals surface area contributed by atoms with Crippen molar-refractivity contribution in [1.82, 2.24) is 0 Å². The molecule has 1 N–H and O–H groups in total. The van der Waals surface area contributed by atoms with Crippen LogP contribution < -0.4 is 19.5 Å². The second-order valence-corrected chi connectivity index (χ2v) is 7.91. The molecule has 0 aliphatic heterocycles. The first-order valence-corrected chi connectivity index (χ1v) is 12.7. The molecule has 5 heteroatoms. The maximum absolute atomic E-state index is 12.4. The number of benzene rings is 1. The summed E-state index contributed by atoms with van der Waals surface area (Å²) in [6.45, 7) is 2.15. The number of carbonyl (C=O) groups is 1. The highest BCUT2D eigenvalue weighted by Crippen LogP contribution is 2.38. The van der Waals surface area contributed by atoms with Crippen LogP contribution in [0.4, 0.5) is 5.69 Å². The van der Waals surface area contributed by atoms with Gasteiger partial charge >= 0.3 is 0 Å². The predicted octanol–water partition coefficient (Wildman–Crippen LogP) is 8.13. The lowest BCUT2D eigenvalue weighted by Crippen LogP contribution is -2.12. The van der Waals surface area contributed by atoms with Crippen LogP contribution in [0.2, 0.25) is 0 Å². The molecular weight excluding hydrogens is 450 g/mol. The zero-order valence-corrected chi connectivity index (χ0v) is 22.4. The Bertz CT molecular complexity index is 897. The van der Waals surface area contributed by atoms with Crippen molar-refractivity contribution in [3.8, 4) is 17.2 Å². The van der Waals surface area contributed by atoms with Crippen LogP contribution in [-0.4, -0.2) is 27.2 Å². The van der Waals surface area contributed by atoms with E-state index in [0.29, 0.717) is 35.8 Å². The fourth-order valence-electron chi connectivity index (χ4n) is 3.18. The fraction of sp³-hybridized carbons (Fsp3) is 0.387. The number of hydrogen-bond donors (Lipinski definition) is 1. The molecule has 5 nitrogen and oxygen atoms in total. The number of rotatable bonds is 18. The van der Waals surface area contributed by atoms with E-state index in [1.54, 1.807) is 33.5 Å². The van der Waals surface area contributed by atoms with Gasteiger partial charge in [0.1, 0.15) is 22.9 Å². The van der Waals surface area contributed by atoms with Gasteiger partial charge in [-0.05, 0) is 44.9 Å². The molecule has 0 fully saturated rings. The Kier molecular flexibility index (Phi) is 17.7. The first-order chi connectivity index (χ1) is 17.7. The second kappa shape index (κ2) is 20.9. The molecule has 0 heterocycles. The van der Waals surface area contributed by atoms with Gasteiger partial charge in [-0.15, -0.1) is 0 Å². The lowest BCUT2D eigenvalue weighted by Gasteiger charge is -2.15. The van der Waals surface area contributed by atoms with E-state index in [4.69, 9.17) is 14.2 Å². The van der Waals surface area contributed by atoms with Crippen molar-refractivity contribution in [2.45, 2.75) is 58.3 Å². The van der Waals surface area contributed by atoms with E-state index < -0.39 is 0 Å². The van der Waals surface area contributed by atoms with E-state index in [-0.39, 0.29) is 5.91 Å². The Morgan fingerprint density at radius 1 is 0.667 bits per heavy atom. The number of carbonyl (C=O) groups excluding carboxylic acids is 1. The molecule has 0 radical (unpaired) electrons. The maximum atomic E-state index is 12.4. The Morgan fingerprint density at radius 3 is 1.47 bits per heavy atom. The van der Waals surface area contributed by atoms with Crippen molar-refractivity contribution in [3.63, 3.8) is 0 Å². The van der Waals surface area contributed by atoms with Gasteiger partial charge in [-0.25, -0.2) is 0 Å². The molecule has 1 amide bonds. The maximum Gasteiger partial charge on any atom is 0.224 e. The lowest BCUT2D eigenvalue weighted by atomic mass is 10.2. The quantitative estimate of drug-likeness (QED) is 0.210. The summed E-state index contributed by atoms with van der Waals surface area (Å²) in [6, 6.07) is 3.42. The minimum Gasteiger partial charge on any atom is -0.496 e. The van der Waals surface area contributed by atoms with Gasteiger partial charge in [0.25, 0.3) is 0 Å². The number of amides is 1. The van der Waals surface area contributed by atoms with Gasteiger partial charge in [-0.2, -0.15) is 0 Å². The molecule has 0 aromatic heterocycles. The number of methoxy groups -OCH3 is 3. The highest BCUT2D eigenvalue weighted by molar-refractivity contribution is 5.94. The van der Waals surface area contributed by atoms with E-state index in [2.05, 4.69) is 79.1 Å². The molecule has 1 rings (SSSR count). The Hall–Kier alpha value is -3.47. The van der Waals surface area contributed by atoms with Crippen LogP contribution in [0.25, 0.3) is 0 Å². The van der Waals surface area contributed by atoms with E-state index in [9.17, 15) is 4.79 Å². The fourth-order valence-corrected chi connectivity index (χ4v) is 3.18. The number of hydrogen-bond acceptors (Lipinski definition) is 4. The molecule has 0 aliphatic rings. The molecule has 0 spiro atoms. The minimum atomic E-state index is -0.101. The first kappa shape index (κ1) is 30.6. The smallest absolute Gasteiger partial charge is 0.224 e. The summed E-state index contributed by atoms with van der Waals surface area (Å²) in [5.74, 6) is 1.48. The van der Waals surface area contributed by atoms with E-state index >= 15 is 0 Å². The zero-order valence-electron chi connectivity index (χ0n) is 22.4. The Labute approximate surface area is 217 Å². The van der Waals surface area contributed by atoms with Crippen LogP contribution in [-0.2, 0) is 4.79 Å². The van der Waals surface area contributed by atoms with Crippen molar-refractivity contribution >= 4 is 11.6 Å². The molecule has 0 unspecified atom stereocenters. The first-order valence-electron chi connectivity index (χ1n) is 12.7. The third-order valence-electron chi connectivity index (χ3n) is 5.11. The minimum absolute atomic E-state index is 0.101. The number of nitrogens with one attached hydrogen (secondary N) is 1. The number of ether oxygens (including phenoxy) is 3. The molecule has 0 atom stereocenters. The third kappa shape index (κ3) is 14.1. The van der Waals surface area contributed by atoms with Gasteiger partial charge in [0.15, 0.2) is 0 Å². The average Bonchev–Trinajstić information content (AvgIpc) is 2.89. The average molecular weight is 494 g/mol. The summed E-state index contributed by atoms with van der Waals surface area (Å²) >= 11 is 0. The summed E-state index contributed by atoms with van der Waals surface area (Å²) in [4.78, 5) is 12.4. The highest BCUT2D eigenvalue weighted by atomic mass is 16.5. The zero-order chi connectivity index (χ0) is 26.3. The van der Waals surface area contributed by atoms with Gasteiger partial charge in [-0.1, -0.05) is 79.8 Å². The summed E-state index contributed by atoms with van der Waals surface area (Å²) in [5.41, 5.74) is 0.508. The van der Waals surface area contributed by atoms with Crippen LogP contribution in [0.3, 0.4) is 0 Å². The van der Waals surface area contributed by atoms with Crippen LogP contribution >= 0.6 is 0 Å². The van der Waals surface area contributed by atoms with Crippen molar-refractivity contribution in [3.05, 3.63) is 85.0 Å². The number of allylic oxidation sites excluding steroid dienone is 12. The van der Waals surface area contributed by atoms with Crippen molar-refractivity contribution in [2.75, 3.05) is 26.6 Å². The highest BCUT2D eigenvalue weighted by Gasteiger charge is 2.15. The van der Waals surface area contributed by atoms with Gasteiger partial charge in [0, 0.05) is 18.6 Å². The molecule has 0 bridgehead atoms. The SMILES string of the molecule is CCC=CCC=CCC=CCC=CCC=CCC=CCCC(=O)Nc1c(OC)cc(OC)cc1OC. The third-order valence-corrected chi connectivity index (χ3v) is 5.11. The summed E-state index contributed by atoms with van der Waals surface area (Å²) in [6.07, 6.45) is 32.9. The molecule has 196 valence electrons. The second-order valence-electron chi connectivity index (χ2n) is 7.91. The normalized spacial score (nSPS) is 12.2. The van der Waals surface area contributed by atoms with Gasteiger partial charge in [-0.3, -0.25) is 4.79 Å². The molecule has 0 saturated carbocycles. The van der Waals surface area contributed by atoms with E-state index in [0.717, 1.165) is 38.5 Å². The molecule has 0 saturated heterocycles. The Balaban J connectivity index is 2.22. The summed E-state index contributed by atoms with van der Waals surface area (Å²) < 4.78 is 16.0. The van der Waals surface area contributed by atoms with Gasteiger partial charge < -0.3 is 19.5 Å².